The van der Waals surface area contributed by atoms with E-state index in [2.05, 4.69) is 0 Å². The first-order valence-electron chi connectivity index (χ1n) is 5.70. The lowest BCUT2D eigenvalue weighted by Crippen LogP contribution is -2.17. The Balaban J connectivity index is 0.000000442. The van der Waals surface area contributed by atoms with Gasteiger partial charge in [0.1, 0.15) is 5.75 Å². The van der Waals surface area contributed by atoms with E-state index < -0.39 is 7.12 Å². The quantitative estimate of drug-likeness (QED) is 0.664. The molecule has 0 unspecified atom stereocenters. The maximum Gasteiger partial charge on any atom is 0.527 e. The third-order valence-corrected chi connectivity index (χ3v) is 1.88. The number of hydrogen-bond donors (Lipinski definition) is 1. The third kappa shape index (κ3) is 3.96. The van der Waals surface area contributed by atoms with Gasteiger partial charge in [-0.1, -0.05) is 39.8 Å². The average molecular weight is 208 g/mol. The van der Waals surface area contributed by atoms with Crippen LogP contribution >= 0.6 is 0 Å². The van der Waals surface area contributed by atoms with Gasteiger partial charge in [-0.2, -0.15) is 0 Å². The molecule has 0 spiro atoms. The zero-order valence-corrected chi connectivity index (χ0v) is 10.4. The summed E-state index contributed by atoms with van der Waals surface area (Å²) < 4.78 is 5.14. The molecule has 0 amide bonds. The van der Waals surface area contributed by atoms with Gasteiger partial charge in [-0.25, -0.2) is 0 Å². The summed E-state index contributed by atoms with van der Waals surface area (Å²) >= 11 is 0. The van der Waals surface area contributed by atoms with Gasteiger partial charge in [0.15, 0.2) is 0 Å². The SMILES string of the molecule is CC.CC.Cc1ccc2c(c1)OB(O)C2. The topological polar surface area (TPSA) is 29.5 Å². The van der Waals surface area contributed by atoms with Crippen molar-refractivity contribution >= 4 is 7.12 Å². The molecule has 84 valence electrons. The summed E-state index contributed by atoms with van der Waals surface area (Å²) in [5.74, 6) is 0.831. The minimum absolute atomic E-state index is 0.621. The van der Waals surface area contributed by atoms with E-state index in [9.17, 15) is 0 Å². The van der Waals surface area contributed by atoms with Crippen LogP contribution < -0.4 is 4.65 Å². The molecule has 1 aliphatic rings. The second kappa shape index (κ2) is 7.35. The lowest BCUT2D eigenvalue weighted by molar-refractivity contribution is 0.431. The fourth-order valence-electron chi connectivity index (χ4n) is 1.32. The summed E-state index contributed by atoms with van der Waals surface area (Å²) in [5, 5.41) is 9.12. The molecule has 1 aromatic carbocycles. The molecule has 0 fully saturated rings. The van der Waals surface area contributed by atoms with Gasteiger partial charge in [0.25, 0.3) is 0 Å². The molecule has 1 heterocycles. The Hall–Kier alpha value is -0.955. The molecule has 0 saturated carbocycles. The van der Waals surface area contributed by atoms with Crippen LogP contribution in [0.1, 0.15) is 38.8 Å². The van der Waals surface area contributed by atoms with Crippen LogP contribution in [0.2, 0.25) is 0 Å². The van der Waals surface area contributed by atoms with E-state index in [0.29, 0.717) is 6.32 Å². The molecule has 0 radical (unpaired) electrons. The van der Waals surface area contributed by atoms with Crippen molar-refractivity contribution in [1.29, 1.82) is 0 Å². The molecular formula is C12H21BO2. The van der Waals surface area contributed by atoms with Gasteiger partial charge >= 0.3 is 7.12 Å². The van der Waals surface area contributed by atoms with Crippen LogP contribution in [-0.2, 0) is 6.32 Å². The van der Waals surface area contributed by atoms with E-state index >= 15 is 0 Å². The molecule has 0 atom stereocenters. The van der Waals surface area contributed by atoms with Crippen molar-refractivity contribution in [2.75, 3.05) is 0 Å². The van der Waals surface area contributed by atoms with Crippen LogP contribution in [0.5, 0.6) is 5.75 Å². The molecule has 1 aliphatic heterocycles. The maximum absolute atomic E-state index is 9.12. The fraction of sp³-hybridized carbons (Fsp3) is 0.500. The average Bonchev–Trinajstić information content (AvgIpc) is 2.63. The van der Waals surface area contributed by atoms with Crippen LogP contribution in [-0.4, -0.2) is 12.1 Å². The number of fused-ring (bicyclic) bond motifs is 1. The van der Waals surface area contributed by atoms with Crippen LogP contribution in [0.15, 0.2) is 18.2 Å². The Labute approximate surface area is 93.4 Å². The number of benzene rings is 1. The van der Waals surface area contributed by atoms with Crippen molar-refractivity contribution in [3.63, 3.8) is 0 Å². The highest BCUT2D eigenvalue weighted by atomic mass is 16.5. The van der Waals surface area contributed by atoms with Gasteiger partial charge < -0.3 is 9.68 Å². The summed E-state index contributed by atoms with van der Waals surface area (Å²) in [6.45, 7) is 10.0. The van der Waals surface area contributed by atoms with E-state index in [-0.39, 0.29) is 0 Å². The van der Waals surface area contributed by atoms with Gasteiger partial charge in [0, 0.05) is 6.32 Å². The summed E-state index contributed by atoms with van der Waals surface area (Å²) in [7, 11) is -0.633. The zero-order valence-electron chi connectivity index (χ0n) is 10.4. The van der Waals surface area contributed by atoms with Crippen LogP contribution in [0, 0.1) is 6.92 Å². The molecule has 0 aromatic heterocycles. The highest BCUT2D eigenvalue weighted by molar-refractivity contribution is 6.44. The van der Waals surface area contributed by atoms with Crippen molar-refractivity contribution < 1.29 is 9.68 Å². The second-order valence-electron chi connectivity index (χ2n) is 2.89. The van der Waals surface area contributed by atoms with Crippen molar-refractivity contribution in [3.8, 4) is 5.75 Å². The third-order valence-electron chi connectivity index (χ3n) is 1.88. The predicted octanol–water partition coefficient (Wildman–Crippen LogP) is 3.00. The number of rotatable bonds is 0. The molecule has 15 heavy (non-hydrogen) atoms. The lowest BCUT2D eigenvalue weighted by Gasteiger charge is -2.00. The van der Waals surface area contributed by atoms with Crippen molar-refractivity contribution in [1.82, 2.24) is 0 Å². The molecule has 2 nitrogen and oxygen atoms in total. The standard InChI is InChI=1S/C8H9BO2.2C2H6/c1-6-2-3-7-5-9(10)11-8(7)4-6;2*1-2/h2-4,10H,5H2,1H3;2*1-2H3. The predicted molar refractivity (Wildman–Crippen MR) is 66.2 cm³/mol. The van der Waals surface area contributed by atoms with Gasteiger partial charge in [-0.05, 0) is 24.1 Å². The molecule has 0 saturated heterocycles. The van der Waals surface area contributed by atoms with Gasteiger partial charge in [-0.3, -0.25) is 0 Å². The first-order valence-corrected chi connectivity index (χ1v) is 5.70. The number of aryl methyl sites for hydroxylation is 1. The summed E-state index contributed by atoms with van der Waals surface area (Å²) in [6, 6.07) is 5.98. The first-order chi connectivity index (χ1) is 7.25. The van der Waals surface area contributed by atoms with Gasteiger partial charge in [0.05, 0.1) is 0 Å². The fourth-order valence-corrected chi connectivity index (χ4v) is 1.32. The largest absolute Gasteiger partial charge is 0.536 e. The van der Waals surface area contributed by atoms with E-state index in [0.717, 1.165) is 16.9 Å². The van der Waals surface area contributed by atoms with E-state index in [1.54, 1.807) is 0 Å². The van der Waals surface area contributed by atoms with Crippen molar-refractivity contribution in [2.45, 2.75) is 40.9 Å². The normalized spacial score (nSPS) is 11.5. The number of hydrogen-bond acceptors (Lipinski definition) is 2. The summed E-state index contributed by atoms with van der Waals surface area (Å²) in [6.07, 6.45) is 0.621. The highest BCUT2D eigenvalue weighted by Gasteiger charge is 2.26. The second-order valence-corrected chi connectivity index (χ2v) is 2.89. The smallest absolute Gasteiger partial charge is 0.527 e. The Bertz CT molecular complexity index is 287. The van der Waals surface area contributed by atoms with Crippen molar-refractivity contribution in [3.05, 3.63) is 29.3 Å². The molecule has 1 aromatic rings. The highest BCUT2D eigenvalue weighted by Crippen LogP contribution is 2.26. The molecule has 2 rings (SSSR count). The monoisotopic (exact) mass is 208 g/mol. The minimum Gasteiger partial charge on any atom is -0.536 e. The van der Waals surface area contributed by atoms with Crippen LogP contribution in [0.3, 0.4) is 0 Å². The first kappa shape index (κ1) is 14.0. The Morgan fingerprint density at radius 2 is 1.80 bits per heavy atom. The lowest BCUT2D eigenvalue weighted by atomic mass is 9.85. The molecule has 1 N–H and O–H groups in total. The van der Waals surface area contributed by atoms with E-state index in [1.807, 2.05) is 52.8 Å². The van der Waals surface area contributed by atoms with E-state index in [4.69, 9.17) is 9.68 Å². The summed E-state index contributed by atoms with van der Waals surface area (Å²) in [5.41, 5.74) is 2.26. The molecule has 3 heteroatoms. The maximum atomic E-state index is 9.12. The van der Waals surface area contributed by atoms with E-state index in [1.165, 1.54) is 0 Å². The van der Waals surface area contributed by atoms with Crippen molar-refractivity contribution in [2.24, 2.45) is 0 Å². The molecular weight excluding hydrogens is 187 g/mol. The van der Waals surface area contributed by atoms with Crippen LogP contribution in [0.25, 0.3) is 0 Å². The zero-order chi connectivity index (χ0) is 11.8. The van der Waals surface area contributed by atoms with Gasteiger partial charge in [0.2, 0.25) is 0 Å². The summed E-state index contributed by atoms with van der Waals surface area (Å²) in [4.78, 5) is 0. The minimum atomic E-state index is -0.633. The van der Waals surface area contributed by atoms with Gasteiger partial charge in [-0.15, -0.1) is 0 Å². The Morgan fingerprint density at radius 1 is 1.20 bits per heavy atom. The Kier molecular flexibility index (Phi) is 6.88. The molecule has 0 bridgehead atoms. The van der Waals surface area contributed by atoms with Crippen LogP contribution in [0.4, 0.5) is 0 Å². The molecule has 0 aliphatic carbocycles. The Morgan fingerprint density at radius 3 is 2.40 bits per heavy atom.